The van der Waals surface area contributed by atoms with E-state index < -0.39 is 5.60 Å². The number of hydrogen-bond acceptors (Lipinski definition) is 5. The number of piperidine rings is 2. The molecule has 2 aliphatic carbocycles. The number of fused-ring (bicyclic) bond motifs is 4. The summed E-state index contributed by atoms with van der Waals surface area (Å²) in [4.78, 5) is 32.0. The van der Waals surface area contributed by atoms with Gasteiger partial charge in [-0.1, -0.05) is 48.9 Å². The smallest absolute Gasteiger partial charge is 0.410 e. The number of aromatic amines is 2. The molecule has 2 saturated heterocycles. The molecule has 2 aliphatic heterocycles. The second-order valence-electron chi connectivity index (χ2n) is 16.0. The number of imidazole rings is 2. The molecule has 1 amide bonds. The zero-order chi connectivity index (χ0) is 34.0. The molecular weight excluding hydrogens is 621 g/mol. The summed E-state index contributed by atoms with van der Waals surface area (Å²) in [6, 6.07) is 20.6. The van der Waals surface area contributed by atoms with E-state index in [1.165, 1.54) is 59.1 Å². The molecule has 4 atom stereocenters. The number of aromatic nitrogens is 4. The summed E-state index contributed by atoms with van der Waals surface area (Å²) >= 11 is 0. The highest BCUT2D eigenvalue weighted by Gasteiger charge is 2.42. The maximum Gasteiger partial charge on any atom is 0.410 e. The minimum atomic E-state index is -0.531. The number of amides is 1. The quantitative estimate of drug-likeness (QED) is 0.173. The molecule has 2 unspecified atom stereocenters. The molecule has 2 aromatic heterocycles. The summed E-state index contributed by atoms with van der Waals surface area (Å²) < 4.78 is 5.77. The first-order valence-electron chi connectivity index (χ1n) is 18.8. The SMILES string of the molecule is CC(C)(C)OC(=O)N1CCCC[C@H]1c1nc2ccc(-c3ccc(-c4ccc(-c5cnc([C@@H]6CCCCN6)[nH]5)cc4)c4c3CC3CCC43)cc2[nH]1. The topological polar surface area (TPSA) is 98.9 Å². The van der Waals surface area contributed by atoms with Crippen LogP contribution in [0.5, 0.6) is 0 Å². The number of H-pyrrole nitrogens is 2. The van der Waals surface area contributed by atoms with E-state index in [0.29, 0.717) is 18.5 Å². The molecule has 5 aromatic rings. The lowest BCUT2D eigenvalue weighted by Crippen LogP contribution is -2.42. The van der Waals surface area contributed by atoms with Gasteiger partial charge in [-0.2, -0.15) is 0 Å². The Hall–Kier alpha value is -4.43. The molecule has 4 heterocycles. The summed E-state index contributed by atoms with van der Waals surface area (Å²) in [5.41, 5.74) is 12.0. The molecule has 0 radical (unpaired) electrons. The van der Waals surface area contributed by atoms with E-state index in [1.807, 2.05) is 31.9 Å². The Labute approximate surface area is 294 Å². The number of carbonyl (C=O) groups is 1. The average Bonchev–Trinajstić information content (AvgIpc) is 3.84. The molecule has 8 nitrogen and oxygen atoms in total. The first-order chi connectivity index (χ1) is 24.3. The normalized spacial score (nSPS) is 23.4. The molecule has 3 aromatic carbocycles. The second-order valence-corrected chi connectivity index (χ2v) is 16.0. The van der Waals surface area contributed by atoms with Crippen LogP contribution in [-0.2, 0) is 11.2 Å². The van der Waals surface area contributed by atoms with Crippen molar-refractivity contribution < 1.29 is 9.53 Å². The monoisotopic (exact) mass is 668 g/mol. The Morgan fingerprint density at radius 2 is 1.64 bits per heavy atom. The van der Waals surface area contributed by atoms with Crippen LogP contribution in [0.1, 0.15) is 113 Å². The highest BCUT2D eigenvalue weighted by Crippen LogP contribution is 2.56. The minimum Gasteiger partial charge on any atom is -0.444 e. The third-order valence-corrected chi connectivity index (χ3v) is 11.6. The Balaban J connectivity index is 1.01. The van der Waals surface area contributed by atoms with Crippen LogP contribution in [-0.4, -0.2) is 49.6 Å². The average molecular weight is 669 g/mol. The molecule has 4 aliphatic rings. The summed E-state index contributed by atoms with van der Waals surface area (Å²) in [5.74, 6) is 3.29. The van der Waals surface area contributed by atoms with Gasteiger partial charge in [0, 0.05) is 6.54 Å². The van der Waals surface area contributed by atoms with Crippen molar-refractivity contribution in [2.24, 2.45) is 5.92 Å². The third-order valence-electron chi connectivity index (χ3n) is 11.6. The fraction of sp³-hybridized carbons (Fsp3) is 0.452. The number of nitrogens with one attached hydrogen (secondary N) is 3. The summed E-state index contributed by atoms with van der Waals surface area (Å²) in [6.07, 6.45) is 12.0. The van der Waals surface area contributed by atoms with Gasteiger partial charge in [-0.05, 0) is 142 Å². The lowest BCUT2D eigenvalue weighted by molar-refractivity contribution is 0.00856. The molecule has 3 N–H and O–H groups in total. The Bertz CT molecular complexity index is 2050. The fourth-order valence-electron chi connectivity index (χ4n) is 8.97. The molecule has 9 rings (SSSR count). The van der Waals surface area contributed by atoms with Crippen LogP contribution in [0.4, 0.5) is 4.79 Å². The van der Waals surface area contributed by atoms with E-state index in [9.17, 15) is 4.79 Å². The van der Waals surface area contributed by atoms with Crippen LogP contribution in [0.25, 0.3) is 44.5 Å². The van der Waals surface area contributed by atoms with Crippen LogP contribution >= 0.6 is 0 Å². The fourth-order valence-corrected chi connectivity index (χ4v) is 8.97. The number of hydrogen-bond donors (Lipinski definition) is 3. The van der Waals surface area contributed by atoms with Crippen LogP contribution < -0.4 is 5.32 Å². The van der Waals surface area contributed by atoms with E-state index in [0.717, 1.165) is 72.9 Å². The molecular formula is C42H48N6O2. The lowest BCUT2D eigenvalue weighted by atomic mass is 9.73. The number of ether oxygens (including phenoxy) is 1. The van der Waals surface area contributed by atoms with E-state index in [4.69, 9.17) is 14.7 Å². The molecule has 1 saturated carbocycles. The molecule has 3 fully saturated rings. The Morgan fingerprint density at radius 3 is 2.42 bits per heavy atom. The molecule has 0 spiro atoms. The molecule has 8 heteroatoms. The van der Waals surface area contributed by atoms with Crippen molar-refractivity contribution in [3.05, 3.63) is 83.6 Å². The van der Waals surface area contributed by atoms with Gasteiger partial charge in [0.05, 0.1) is 35.0 Å². The predicted octanol–water partition coefficient (Wildman–Crippen LogP) is 9.61. The van der Waals surface area contributed by atoms with Crippen LogP contribution in [0.15, 0.2) is 60.8 Å². The standard InChI is InChI=1S/C42H48N6O2/c1-42(2,3)50-41(49)48-21-7-5-9-37(48)40-45-33-19-15-28(23-35(33)46-40)29-17-18-30(38-31-16-14-27(31)22-32(29)38)25-10-12-26(13-11-25)36-24-44-39(47-36)34-8-4-6-20-43-34/h10-13,15,17-19,23-24,27,31,34,37,43H,4-9,14,16,20-22H2,1-3H3,(H,44,47)(H,45,46)/t27?,31?,34-,37-/m0/s1. The first kappa shape index (κ1) is 31.5. The third kappa shape index (κ3) is 5.71. The van der Waals surface area contributed by atoms with Gasteiger partial charge in [0.15, 0.2) is 0 Å². The van der Waals surface area contributed by atoms with Crippen LogP contribution in [0.3, 0.4) is 0 Å². The van der Waals surface area contributed by atoms with Crippen molar-refractivity contribution in [3.63, 3.8) is 0 Å². The van der Waals surface area contributed by atoms with E-state index >= 15 is 0 Å². The molecule has 258 valence electrons. The zero-order valence-electron chi connectivity index (χ0n) is 29.5. The van der Waals surface area contributed by atoms with Gasteiger partial charge < -0.3 is 20.0 Å². The minimum absolute atomic E-state index is 0.107. The number of likely N-dealkylation sites (tertiary alicyclic amines) is 1. The van der Waals surface area contributed by atoms with E-state index in [-0.39, 0.29) is 12.1 Å². The van der Waals surface area contributed by atoms with Crippen molar-refractivity contribution in [3.8, 4) is 33.5 Å². The molecule has 0 bridgehead atoms. The highest BCUT2D eigenvalue weighted by atomic mass is 16.6. The lowest BCUT2D eigenvalue weighted by Gasteiger charge is -2.35. The van der Waals surface area contributed by atoms with Gasteiger partial charge in [0.25, 0.3) is 0 Å². The van der Waals surface area contributed by atoms with Gasteiger partial charge in [-0.25, -0.2) is 14.8 Å². The van der Waals surface area contributed by atoms with E-state index in [2.05, 4.69) is 69.9 Å². The van der Waals surface area contributed by atoms with E-state index in [1.54, 1.807) is 5.56 Å². The van der Waals surface area contributed by atoms with Gasteiger partial charge in [0.1, 0.15) is 17.2 Å². The van der Waals surface area contributed by atoms with Crippen molar-refractivity contribution in [2.75, 3.05) is 13.1 Å². The second kappa shape index (κ2) is 12.4. The predicted molar refractivity (Wildman–Crippen MR) is 198 cm³/mol. The summed E-state index contributed by atoms with van der Waals surface area (Å²) in [5, 5.41) is 3.60. The highest BCUT2D eigenvalue weighted by molar-refractivity contribution is 5.86. The van der Waals surface area contributed by atoms with Crippen molar-refractivity contribution in [1.29, 1.82) is 0 Å². The number of nitrogens with zero attached hydrogens (tertiary/aromatic N) is 3. The number of rotatable bonds is 5. The van der Waals surface area contributed by atoms with Crippen molar-refractivity contribution >= 4 is 17.1 Å². The molecule has 50 heavy (non-hydrogen) atoms. The van der Waals surface area contributed by atoms with Gasteiger partial charge in [-0.3, -0.25) is 4.90 Å². The van der Waals surface area contributed by atoms with Gasteiger partial charge in [0.2, 0.25) is 0 Å². The zero-order valence-corrected chi connectivity index (χ0v) is 29.5. The van der Waals surface area contributed by atoms with Gasteiger partial charge >= 0.3 is 6.09 Å². The van der Waals surface area contributed by atoms with Crippen LogP contribution in [0.2, 0.25) is 0 Å². The van der Waals surface area contributed by atoms with Crippen molar-refractivity contribution in [2.45, 2.75) is 102 Å². The van der Waals surface area contributed by atoms with Crippen LogP contribution in [0, 0.1) is 5.92 Å². The number of carbonyl (C=O) groups excluding carboxylic acids is 1. The largest absolute Gasteiger partial charge is 0.444 e. The summed E-state index contributed by atoms with van der Waals surface area (Å²) in [6.45, 7) is 7.52. The summed E-state index contributed by atoms with van der Waals surface area (Å²) in [7, 11) is 0. The maximum atomic E-state index is 13.1. The van der Waals surface area contributed by atoms with Gasteiger partial charge in [-0.15, -0.1) is 0 Å². The maximum absolute atomic E-state index is 13.1. The van der Waals surface area contributed by atoms with Crippen molar-refractivity contribution in [1.82, 2.24) is 30.2 Å². The Morgan fingerprint density at radius 1 is 0.840 bits per heavy atom. The Kier molecular flexibility index (Phi) is 7.83. The number of benzene rings is 3. The first-order valence-corrected chi connectivity index (χ1v) is 18.8.